The maximum absolute atomic E-state index is 15.2. The molecule has 7 nitrogen and oxygen atoms in total. The standard InChI is InChI=1S/C29H23F2N7/c30-20-5-3-18(4-6-20)21-7-8-33-28-26(21)34-29(35-28)27-23-12-22(24(31)13-25(23)36-37-27)19-11-17(14-32-15-19)16-38-9-1-2-10-38/h3-8,11-15H,1-2,9-10,16H2,(H,36,37)(H,33,34,35). The van der Waals surface area contributed by atoms with Crippen LogP contribution in [0.3, 0.4) is 0 Å². The molecule has 2 aromatic carbocycles. The van der Waals surface area contributed by atoms with Gasteiger partial charge in [-0.2, -0.15) is 5.10 Å². The quantitative estimate of drug-likeness (QED) is 0.294. The van der Waals surface area contributed by atoms with E-state index in [0.29, 0.717) is 33.8 Å². The van der Waals surface area contributed by atoms with Crippen molar-refractivity contribution in [2.75, 3.05) is 13.1 Å². The second-order valence-corrected chi connectivity index (χ2v) is 9.66. The molecule has 1 aliphatic heterocycles. The minimum absolute atomic E-state index is 0.299. The van der Waals surface area contributed by atoms with Gasteiger partial charge in [0.05, 0.1) is 11.0 Å². The van der Waals surface area contributed by atoms with Crippen molar-refractivity contribution in [2.45, 2.75) is 19.4 Å². The fraction of sp³-hybridized carbons (Fsp3) is 0.172. The smallest absolute Gasteiger partial charge is 0.178 e. The lowest BCUT2D eigenvalue weighted by molar-refractivity contribution is 0.331. The van der Waals surface area contributed by atoms with Crippen molar-refractivity contribution in [1.82, 2.24) is 35.0 Å². The number of halogens is 2. The Bertz CT molecular complexity index is 1780. The normalized spacial score (nSPS) is 14.2. The zero-order chi connectivity index (χ0) is 25.6. The third-order valence-electron chi connectivity index (χ3n) is 7.13. The predicted molar refractivity (Wildman–Crippen MR) is 142 cm³/mol. The molecule has 7 rings (SSSR count). The van der Waals surface area contributed by atoms with Gasteiger partial charge in [-0.25, -0.2) is 18.7 Å². The van der Waals surface area contributed by atoms with Crippen LogP contribution in [0.15, 0.2) is 67.1 Å². The summed E-state index contributed by atoms with van der Waals surface area (Å²) in [6.45, 7) is 2.97. The first-order valence-electron chi connectivity index (χ1n) is 12.6. The van der Waals surface area contributed by atoms with Crippen LogP contribution in [-0.2, 0) is 6.54 Å². The van der Waals surface area contributed by atoms with Crippen LogP contribution < -0.4 is 0 Å². The van der Waals surface area contributed by atoms with Crippen LogP contribution in [0, 0.1) is 11.6 Å². The highest BCUT2D eigenvalue weighted by molar-refractivity contribution is 5.97. The predicted octanol–water partition coefficient (Wildman–Crippen LogP) is 6.10. The first-order chi connectivity index (χ1) is 18.6. The molecule has 0 radical (unpaired) electrons. The van der Waals surface area contributed by atoms with Crippen LogP contribution in [-0.4, -0.2) is 48.1 Å². The SMILES string of the molecule is Fc1ccc(-c2ccnc3nc(-c4n[nH]c5cc(F)c(-c6cncc(CN7CCCC7)c6)cc45)[nH]c23)cc1. The third kappa shape index (κ3) is 4.01. The second-order valence-electron chi connectivity index (χ2n) is 9.66. The van der Waals surface area contributed by atoms with Gasteiger partial charge in [0.15, 0.2) is 11.5 Å². The summed E-state index contributed by atoms with van der Waals surface area (Å²) in [5, 5.41) is 8.11. The number of hydrogen-bond donors (Lipinski definition) is 2. The molecule has 1 aliphatic rings. The van der Waals surface area contributed by atoms with E-state index in [0.717, 1.165) is 47.3 Å². The fourth-order valence-electron chi connectivity index (χ4n) is 5.25. The molecule has 0 bridgehead atoms. The number of hydrogen-bond acceptors (Lipinski definition) is 5. The molecule has 0 unspecified atom stereocenters. The van der Waals surface area contributed by atoms with Gasteiger partial charge in [0.2, 0.25) is 0 Å². The Morgan fingerprint density at radius 3 is 2.58 bits per heavy atom. The summed E-state index contributed by atoms with van der Waals surface area (Å²) in [6.07, 6.45) is 7.64. The van der Waals surface area contributed by atoms with Crippen LogP contribution in [0.1, 0.15) is 18.4 Å². The van der Waals surface area contributed by atoms with E-state index >= 15 is 4.39 Å². The molecule has 9 heteroatoms. The zero-order valence-corrected chi connectivity index (χ0v) is 20.4. The molecule has 1 fully saturated rings. The highest BCUT2D eigenvalue weighted by atomic mass is 19.1. The number of pyridine rings is 2. The van der Waals surface area contributed by atoms with Crippen molar-refractivity contribution >= 4 is 22.1 Å². The number of likely N-dealkylation sites (tertiary alicyclic amines) is 1. The topological polar surface area (TPSA) is 86.4 Å². The molecule has 2 N–H and O–H groups in total. The lowest BCUT2D eigenvalue weighted by atomic mass is 10.0. The third-order valence-corrected chi connectivity index (χ3v) is 7.13. The van der Waals surface area contributed by atoms with Gasteiger partial charge < -0.3 is 4.98 Å². The molecule has 38 heavy (non-hydrogen) atoms. The summed E-state index contributed by atoms with van der Waals surface area (Å²) in [5.41, 5.74) is 6.28. The molecule has 188 valence electrons. The van der Waals surface area contributed by atoms with Gasteiger partial charge in [0, 0.05) is 53.3 Å². The van der Waals surface area contributed by atoms with Gasteiger partial charge in [-0.05, 0) is 67.4 Å². The molecular weight excluding hydrogens is 484 g/mol. The Morgan fingerprint density at radius 2 is 1.74 bits per heavy atom. The van der Waals surface area contributed by atoms with Crippen molar-refractivity contribution < 1.29 is 8.78 Å². The van der Waals surface area contributed by atoms with Gasteiger partial charge >= 0.3 is 0 Å². The van der Waals surface area contributed by atoms with Crippen LogP contribution >= 0.6 is 0 Å². The minimum atomic E-state index is -0.349. The molecule has 6 aromatic rings. The van der Waals surface area contributed by atoms with Crippen molar-refractivity contribution in [1.29, 1.82) is 0 Å². The molecule has 0 saturated carbocycles. The first kappa shape index (κ1) is 22.7. The molecule has 0 amide bonds. The highest BCUT2D eigenvalue weighted by Crippen LogP contribution is 2.34. The van der Waals surface area contributed by atoms with E-state index in [1.165, 1.54) is 31.0 Å². The fourth-order valence-corrected chi connectivity index (χ4v) is 5.25. The summed E-state index contributed by atoms with van der Waals surface area (Å²) in [4.78, 5) is 19.2. The van der Waals surface area contributed by atoms with E-state index < -0.39 is 0 Å². The number of nitrogens with zero attached hydrogens (tertiary/aromatic N) is 5. The number of H-pyrrole nitrogens is 2. The number of benzene rings is 2. The van der Waals surface area contributed by atoms with Crippen molar-refractivity contribution in [3.8, 4) is 33.8 Å². The van der Waals surface area contributed by atoms with Crippen LogP contribution in [0.25, 0.3) is 55.8 Å². The maximum Gasteiger partial charge on any atom is 0.178 e. The lowest BCUT2D eigenvalue weighted by Crippen LogP contribution is -2.18. The van der Waals surface area contributed by atoms with Gasteiger partial charge in [-0.15, -0.1) is 0 Å². The Kier molecular flexibility index (Phi) is 5.44. The molecule has 0 aliphatic carbocycles. The minimum Gasteiger partial charge on any atom is -0.335 e. The molecule has 1 saturated heterocycles. The van der Waals surface area contributed by atoms with E-state index in [4.69, 9.17) is 0 Å². The van der Waals surface area contributed by atoms with Crippen LogP contribution in [0.4, 0.5) is 8.78 Å². The summed E-state index contributed by atoms with van der Waals surface area (Å²) in [7, 11) is 0. The highest BCUT2D eigenvalue weighted by Gasteiger charge is 2.19. The molecule has 4 aromatic heterocycles. The molecule has 5 heterocycles. The van der Waals surface area contributed by atoms with Gasteiger partial charge in [0.1, 0.15) is 17.3 Å². The molecule has 0 spiro atoms. The number of aromatic nitrogens is 6. The largest absolute Gasteiger partial charge is 0.335 e. The Balaban J connectivity index is 1.30. The van der Waals surface area contributed by atoms with Crippen molar-refractivity contribution in [2.24, 2.45) is 0 Å². The number of fused-ring (bicyclic) bond motifs is 2. The van der Waals surface area contributed by atoms with E-state index in [9.17, 15) is 4.39 Å². The van der Waals surface area contributed by atoms with Gasteiger partial charge in [0.25, 0.3) is 0 Å². The Labute approximate surface area is 216 Å². The summed E-state index contributed by atoms with van der Waals surface area (Å²) in [6, 6.07) is 13.4. The second kappa shape index (κ2) is 9.11. The van der Waals surface area contributed by atoms with Crippen molar-refractivity contribution in [3.05, 3.63) is 84.3 Å². The average Bonchev–Trinajstić information content (AvgIpc) is 3.68. The van der Waals surface area contributed by atoms with Crippen molar-refractivity contribution in [3.63, 3.8) is 0 Å². The number of imidazole rings is 1. The van der Waals surface area contributed by atoms with Gasteiger partial charge in [-0.1, -0.05) is 12.1 Å². The van der Waals surface area contributed by atoms with E-state index in [-0.39, 0.29) is 11.6 Å². The zero-order valence-electron chi connectivity index (χ0n) is 20.4. The van der Waals surface area contributed by atoms with Crippen LogP contribution in [0.2, 0.25) is 0 Å². The number of rotatable bonds is 5. The van der Waals surface area contributed by atoms with E-state index in [2.05, 4.69) is 35.0 Å². The number of aromatic amines is 2. The number of nitrogens with one attached hydrogen (secondary N) is 2. The maximum atomic E-state index is 15.2. The average molecular weight is 508 g/mol. The van der Waals surface area contributed by atoms with Gasteiger partial charge in [-0.3, -0.25) is 15.0 Å². The summed E-state index contributed by atoms with van der Waals surface area (Å²) < 4.78 is 28.7. The van der Waals surface area contributed by atoms with E-state index in [1.807, 2.05) is 18.3 Å². The molecular formula is C29H23F2N7. The summed E-state index contributed by atoms with van der Waals surface area (Å²) in [5.74, 6) is -0.142. The van der Waals surface area contributed by atoms with Crippen LogP contribution in [0.5, 0.6) is 0 Å². The Morgan fingerprint density at radius 1 is 0.895 bits per heavy atom. The first-order valence-corrected chi connectivity index (χ1v) is 12.6. The van der Waals surface area contributed by atoms with E-state index in [1.54, 1.807) is 30.6 Å². The lowest BCUT2D eigenvalue weighted by Gasteiger charge is -2.15. The molecule has 0 atom stereocenters. The Hall–Kier alpha value is -4.50. The summed E-state index contributed by atoms with van der Waals surface area (Å²) >= 11 is 0. The monoisotopic (exact) mass is 507 g/mol.